The maximum atomic E-state index is 5.76. The van der Waals surface area contributed by atoms with E-state index in [-0.39, 0.29) is 5.54 Å². The normalized spacial score (nSPS) is 29.2. The van der Waals surface area contributed by atoms with Crippen molar-refractivity contribution in [3.05, 3.63) is 24.5 Å². The molecule has 1 aliphatic carbocycles. The molecule has 0 aliphatic heterocycles. The van der Waals surface area contributed by atoms with Gasteiger partial charge in [0, 0.05) is 6.20 Å². The zero-order valence-electron chi connectivity index (χ0n) is 9.60. The second-order valence-corrected chi connectivity index (χ2v) is 4.58. The monoisotopic (exact) mass is 206 g/mol. The molecule has 1 saturated carbocycles. The zero-order chi connectivity index (χ0) is 10.9. The second-order valence-electron chi connectivity index (χ2n) is 4.58. The van der Waals surface area contributed by atoms with Crippen LogP contribution in [0.2, 0.25) is 0 Å². The number of rotatable bonds is 4. The summed E-state index contributed by atoms with van der Waals surface area (Å²) in [4.78, 5) is 6.30. The van der Waals surface area contributed by atoms with E-state index in [1.807, 2.05) is 12.1 Å². The second kappa shape index (κ2) is 3.81. The summed E-state index contributed by atoms with van der Waals surface area (Å²) in [6.45, 7) is 3.03. The first-order valence-corrected chi connectivity index (χ1v) is 5.35. The molecule has 0 amide bonds. The molecular formula is C12H18N2O. The lowest BCUT2D eigenvalue weighted by Gasteiger charge is -2.25. The summed E-state index contributed by atoms with van der Waals surface area (Å²) in [5.41, 5.74) is 0.246. The van der Waals surface area contributed by atoms with Gasteiger partial charge in [0.15, 0.2) is 0 Å². The van der Waals surface area contributed by atoms with Gasteiger partial charge in [0.25, 0.3) is 0 Å². The topological polar surface area (TPSA) is 25.4 Å². The quantitative estimate of drug-likeness (QED) is 0.751. The first-order valence-electron chi connectivity index (χ1n) is 5.35. The molecule has 1 aromatic heterocycles. The number of hydrogen-bond acceptors (Lipinski definition) is 3. The molecule has 0 saturated heterocycles. The Morgan fingerprint density at radius 3 is 2.80 bits per heavy atom. The molecule has 2 rings (SSSR count). The van der Waals surface area contributed by atoms with Crippen molar-refractivity contribution in [3.63, 3.8) is 0 Å². The minimum absolute atomic E-state index is 0.246. The maximum absolute atomic E-state index is 5.76. The van der Waals surface area contributed by atoms with Crippen LogP contribution in [0.5, 0.6) is 5.75 Å². The molecule has 1 aliphatic rings. The predicted octanol–water partition coefficient (Wildman–Crippen LogP) is 1.80. The highest BCUT2D eigenvalue weighted by Crippen LogP contribution is 2.47. The molecule has 3 nitrogen and oxygen atoms in total. The lowest BCUT2D eigenvalue weighted by molar-refractivity contribution is 0.155. The molecule has 15 heavy (non-hydrogen) atoms. The van der Waals surface area contributed by atoms with Crippen LogP contribution in [0.25, 0.3) is 0 Å². The highest BCUT2D eigenvalue weighted by Gasteiger charge is 2.53. The van der Waals surface area contributed by atoms with E-state index in [2.05, 4.69) is 30.9 Å². The Morgan fingerprint density at radius 2 is 2.33 bits per heavy atom. The van der Waals surface area contributed by atoms with Crippen LogP contribution in [0.15, 0.2) is 24.5 Å². The van der Waals surface area contributed by atoms with Gasteiger partial charge in [0.05, 0.1) is 11.7 Å². The van der Waals surface area contributed by atoms with Crippen molar-refractivity contribution in [1.82, 2.24) is 9.88 Å². The van der Waals surface area contributed by atoms with Gasteiger partial charge in [-0.1, -0.05) is 6.92 Å². The van der Waals surface area contributed by atoms with Crippen molar-refractivity contribution in [2.45, 2.75) is 18.9 Å². The van der Waals surface area contributed by atoms with Gasteiger partial charge in [-0.25, -0.2) is 0 Å². The molecule has 1 aromatic rings. The van der Waals surface area contributed by atoms with Crippen LogP contribution < -0.4 is 4.74 Å². The molecule has 0 spiro atoms. The first kappa shape index (κ1) is 10.4. The molecule has 82 valence electrons. The number of likely N-dealkylation sites (N-methyl/N-ethyl adjacent to an activating group) is 1. The number of ether oxygens (including phenoxy) is 1. The molecule has 3 heteroatoms. The van der Waals surface area contributed by atoms with Crippen molar-refractivity contribution in [1.29, 1.82) is 0 Å². The van der Waals surface area contributed by atoms with Crippen molar-refractivity contribution in [3.8, 4) is 5.75 Å². The number of hydrogen-bond donors (Lipinski definition) is 0. The standard InChI is InChI=1S/C12H18N2O/c1-10-7-12(10,14(2)3)9-15-11-5-4-6-13-8-11/h4-6,8,10H,7,9H2,1-3H3/t10-,12+/m0/s1. The Labute approximate surface area is 91.1 Å². The molecule has 0 unspecified atom stereocenters. The molecule has 1 fully saturated rings. The van der Waals surface area contributed by atoms with Crippen molar-refractivity contribution in [2.24, 2.45) is 5.92 Å². The van der Waals surface area contributed by atoms with Crippen LogP contribution in [0.3, 0.4) is 0 Å². The van der Waals surface area contributed by atoms with Crippen molar-refractivity contribution < 1.29 is 4.74 Å². The fourth-order valence-corrected chi connectivity index (χ4v) is 2.07. The van der Waals surface area contributed by atoms with Gasteiger partial charge in [-0.15, -0.1) is 0 Å². The summed E-state index contributed by atoms with van der Waals surface area (Å²) < 4.78 is 5.76. The van der Waals surface area contributed by atoms with Gasteiger partial charge < -0.3 is 9.64 Å². The molecular weight excluding hydrogens is 188 g/mol. The number of aromatic nitrogens is 1. The maximum Gasteiger partial charge on any atom is 0.137 e. The Bertz CT molecular complexity index is 326. The smallest absolute Gasteiger partial charge is 0.137 e. The van der Waals surface area contributed by atoms with Gasteiger partial charge in [-0.3, -0.25) is 4.98 Å². The number of pyridine rings is 1. The van der Waals surface area contributed by atoms with Gasteiger partial charge in [-0.05, 0) is 38.6 Å². The third-order valence-corrected chi connectivity index (χ3v) is 3.43. The average Bonchev–Trinajstić information content (AvgIpc) is 2.90. The SMILES string of the molecule is C[C@H]1C[C@]1(COc1cccnc1)N(C)C. The number of nitrogens with zero attached hydrogens (tertiary/aromatic N) is 2. The Morgan fingerprint density at radius 1 is 1.60 bits per heavy atom. The highest BCUT2D eigenvalue weighted by atomic mass is 16.5. The van der Waals surface area contributed by atoms with Crippen LogP contribution in [-0.2, 0) is 0 Å². The van der Waals surface area contributed by atoms with Gasteiger partial charge in [0.2, 0.25) is 0 Å². The van der Waals surface area contributed by atoms with E-state index in [1.165, 1.54) is 6.42 Å². The van der Waals surface area contributed by atoms with Gasteiger partial charge in [0.1, 0.15) is 12.4 Å². The van der Waals surface area contributed by atoms with Crippen LogP contribution in [0.4, 0.5) is 0 Å². The Kier molecular flexibility index (Phi) is 2.65. The van der Waals surface area contributed by atoms with Crippen LogP contribution in [-0.4, -0.2) is 36.1 Å². The summed E-state index contributed by atoms with van der Waals surface area (Å²) in [7, 11) is 4.24. The van der Waals surface area contributed by atoms with Crippen LogP contribution in [0.1, 0.15) is 13.3 Å². The minimum atomic E-state index is 0.246. The molecule has 1 heterocycles. The van der Waals surface area contributed by atoms with Crippen LogP contribution in [0, 0.1) is 5.92 Å². The molecule has 0 radical (unpaired) electrons. The van der Waals surface area contributed by atoms with Gasteiger partial charge >= 0.3 is 0 Å². The Hall–Kier alpha value is -1.09. The third kappa shape index (κ3) is 1.97. The van der Waals surface area contributed by atoms with E-state index in [9.17, 15) is 0 Å². The van der Waals surface area contributed by atoms with Gasteiger partial charge in [-0.2, -0.15) is 0 Å². The minimum Gasteiger partial charge on any atom is -0.490 e. The fourth-order valence-electron chi connectivity index (χ4n) is 2.07. The summed E-state index contributed by atoms with van der Waals surface area (Å²) in [6.07, 6.45) is 4.74. The third-order valence-electron chi connectivity index (χ3n) is 3.43. The van der Waals surface area contributed by atoms with Crippen molar-refractivity contribution >= 4 is 0 Å². The molecule has 2 atom stereocenters. The highest BCUT2D eigenvalue weighted by molar-refractivity contribution is 5.17. The van der Waals surface area contributed by atoms with E-state index >= 15 is 0 Å². The van der Waals surface area contributed by atoms with Crippen LogP contribution >= 0.6 is 0 Å². The fraction of sp³-hybridized carbons (Fsp3) is 0.583. The van der Waals surface area contributed by atoms with E-state index in [4.69, 9.17) is 4.74 Å². The lowest BCUT2D eigenvalue weighted by atomic mass is 10.2. The zero-order valence-corrected chi connectivity index (χ0v) is 9.60. The van der Waals surface area contributed by atoms with E-state index in [1.54, 1.807) is 12.4 Å². The van der Waals surface area contributed by atoms with E-state index in [0.717, 1.165) is 18.3 Å². The van der Waals surface area contributed by atoms with Crippen molar-refractivity contribution in [2.75, 3.05) is 20.7 Å². The Balaban J connectivity index is 1.94. The summed E-state index contributed by atoms with van der Waals surface area (Å²) >= 11 is 0. The van der Waals surface area contributed by atoms with E-state index in [0.29, 0.717) is 0 Å². The largest absolute Gasteiger partial charge is 0.490 e. The summed E-state index contributed by atoms with van der Waals surface area (Å²) in [5, 5.41) is 0. The summed E-state index contributed by atoms with van der Waals surface area (Å²) in [5.74, 6) is 1.59. The predicted molar refractivity (Wildman–Crippen MR) is 59.9 cm³/mol. The molecule has 0 aromatic carbocycles. The summed E-state index contributed by atoms with van der Waals surface area (Å²) in [6, 6.07) is 3.84. The van der Waals surface area contributed by atoms with E-state index < -0.39 is 0 Å². The average molecular weight is 206 g/mol. The first-order chi connectivity index (χ1) is 7.15. The molecule has 0 bridgehead atoms. The molecule has 0 N–H and O–H groups in total. The lowest BCUT2D eigenvalue weighted by Crippen LogP contribution is -2.37.